The molecular weight excluding hydrogens is 406 g/mol. The van der Waals surface area contributed by atoms with Crippen LogP contribution in [0.3, 0.4) is 0 Å². The maximum Gasteiger partial charge on any atom is 0.243 e. The van der Waals surface area contributed by atoms with Gasteiger partial charge in [-0.05, 0) is 36.3 Å². The standard InChI is InChI=1S/C25H23N3O4/c1-3-24(30)26-14-13-17-9-11-19(12-10-17)27-28-21-15-20(22(29)16-23(21)32-2)25(31)18-7-5-4-6-8-18/h3-12,15-16,29H,1,13-14H2,2H3,(H,26,30). The van der Waals surface area contributed by atoms with E-state index in [0.717, 1.165) is 5.56 Å². The predicted molar refractivity (Wildman–Crippen MR) is 122 cm³/mol. The quantitative estimate of drug-likeness (QED) is 0.287. The van der Waals surface area contributed by atoms with E-state index in [1.54, 1.807) is 36.4 Å². The lowest BCUT2D eigenvalue weighted by molar-refractivity contribution is -0.116. The van der Waals surface area contributed by atoms with Crippen molar-refractivity contribution in [1.82, 2.24) is 5.32 Å². The van der Waals surface area contributed by atoms with Crippen LogP contribution in [-0.2, 0) is 11.2 Å². The molecule has 7 heteroatoms. The maximum atomic E-state index is 12.8. The summed E-state index contributed by atoms with van der Waals surface area (Å²) in [6.45, 7) is 3.92. The normalized spacial score (nSPS) is 10.7. The van der Waals surface area contributed by atoms with E-state index in [4.69, 9.17) is 4.74 Å². The van der Waals surface area contributed by atoms with Gasteiger partial charge in [-0.3, -0.25) is 9.59 Å². The fraction of sp³-hybridized carbons (Fsp3) is 0.120. The molecule has 3 rings (SSSR count). The number of aromatic hydroxyl groups is 1. The number of ether oxygens (including phenoxy) is 1. The Hall–Kier alpha value is -4.26. The van der Waals surface area contributed by atoms with Crippen LogP contribution in [0.25, 0.3) is 0 Å². The topological polar surface area (TPSA) is 100 Å². The molecule has 32 heavy (non-hydrogen) atoms. The van der Waals surface area contributed by atoms with E-state index in [2.05, 4.69) is 22.1 Å². The van der Waals surface area contributed by atoms with Gasteiger partial charge < -0.3 is 15.2 Å². The Labute approximate surface area is 186 Å². The molecule has 0 bridgehead atoms. The molecule has 0 aliphatic heterocycles. The van der Waals surface area contributed by atoms with Crippen LogP contribution in [-0.4, -0.2) is 30.5 Å². The lowest BCUT2D eigenvalue weighted by Crippen LogP contribution is -2.23. The summed E-state index contributed by atoms with van der Waals surface area (Å²) in [6, 6.07) is 18.9. The van der Waals surface area contributed by atoms with Gasteiger partial charge in [0, 0.05) is 18.2 Å². The van der Waals surface area contributed by atoms with Crippen LogP contribution < -0.4 is 10.1 Å². The molecule has 7 nitrogen and oxygen atoms in total. The van der Waals surface area contributed by atoms with Crippen LogP contribution >= 0.6 is 0 Å². The van der Waals surface area contributed by atoms with Gasteiger partial charge in [0.1, 0.15) is 17.2 Å². The van der Waals surface area contributed by atoms with Crippen molar-refractivity contribution < 1.29 is 19.4 Å². The van der Waals surface area contributed by atoms with Gasteiger partial charge in [-0.25, -0.2) is 0 Å². The van der Waals surface area contributed by atoms with Crippen LogP contribution in [0.15, 0.2) is 89.6 Å². The highest BCUT2D eigenvalue weighted by Crippen LogP contribution is 2.36. The second-order valence-corrected chi connectivity index (χ2v) is 6.85. The van der Waals surface area contributed by atoms with Gasteiger partial charge in [-0.2, -0.15) is 5.11 Å². The van der Waals surface area contributed by atoms with Crippen LogP contribution in [0.1, 0.15) is 21.5 Å². The van der Waals surface area contributed by atoms with Crippen LogP contribution in [0.4, 0.5) is 11.4 Å². The number of ketones is 1. The third-order valence-electron chi connectivity index (χ3n) is 4.69. The summed E-state index contributed by atoms with van der Waals surface area (Å²) in [5.41, 5.74) is 2.53. The van der Waals surface area contributed by atoms with Crippen molar-refractivity contribution in [2.45, 2.75) is 6.42 Å². The zero-order chi connectivity index (χ0) is 22.9. The minimum atomic E-state index is -0.324. The van der Waals surface area contributed by atoms with E-state index in [1.807, 2.05) is 18.2 Å². The lowest BCUT2D eigenvalue weighted by atomic mass is 10.0. The first-order chi connectivity index (χ1) is 15.5. The molecule has 0 aromatic heterocycles. The van der Waals surface area contributed by atoms with Gasteiger partial charge in [0.15, 0.2) is 5.78 Å². The van der Waals surface area contributed by atoms with Crippen LogP contribution in [0.5, 0.6) is 11.5 Å². The molecule has 3 aromatic rings. The Morgan fingerprint density at radius 3 is 2.44 bits per heavy atom. The van der Waals surface area contributed by atoms with E-state index in [1.165, 1.54) is 25.3 Å². The number of azo groups is 1. The summed E-state index contributed by atoms with van der Waals surface area (Å²) in [4.78, 5) is 24.0. The summed E-state index contributed by atoms with van der Waals surface area (Å²) < 4.78 is 5.28. The minimum Gasteiger partial charge on any atom is -0.507 e. The first kappa shape index (κ1) is 22.4. The molecule has 3 aromatic carbocycles. The number of phenolic OH excluding ortho intramolecular Hbond substituents is 1. The molecule has 0 saturated carbocycles. The molecule has 0 saturated heterocycles. The van der Waals surface area contributed by atoms with Crippen molar-refractivity contribution in [2.75, 3.05) is 13.7 Å². The van der Waals surface area contributed by atoms with Gasteiger partial charge in [-0.15, -0.1) is 5.11 Å². The highest BCUT2D eigenvalue weighted by atomic mass is 16.5. The fourth-order valence-corrected chi connectivity index (χ4v) is 2.97. The zero-order valence-electron chi connectivity index (χ0n) is 17.6. The second-order valence-electron chi connectivity index (χ2n) is 6.85. The molecule has 0 aliphatic carbocycles. The van der Waals surface area contributed by atoms with Gasteiger partial charge in [0.25, 0.3) is 0 Å². The molecule has 2 N–H and O–H groups in total. The van der Waals surface area contributed by atoms with E-state index in [0.29, 0.717) is 35.7 Å². The number of rotatable bonds is 9. The van der Waals surface area contributed by atoms with Crippen LogP contribution in [0, 0.1) is 0 Å². The number of nitrogens with one attached hydrogen (secondary N) is 1. The zero-order valence-corrected chi connectivity index (χ0v) is 17.6. The minimum absolute atomic E-state index is 0.114. The number of phenols is 1. The lowest BCUT2D eigenvalue weighted by Gasteiger charge is -2.09. The molecule has 0 heterocycles. The number of benzene rings is 3. The Bertz CT molecular complexity index is 1140. The van der Waals surface area contributed by atoms with Crippen molar-refractivity contribution >= 4 is 23.1 Å². The molecule has 0 unspecified atom stereocenters. The Kier molecular flexibility index (Phi) is 7.48. The number of amides is 1. The van der Waals surface area contributed by atoms with Crippen molar-refractivity contribution in [3.8, 4) is 11.5 Å². The number of hydrogen-bond acceptors (Lipinski definition) is 6. The monoisotopic (exact) mass is 429 g/mol. The van der Waals surface area contributed by atoms with E-state index < -0.39 is 0 Å². The van der Waals surface area contributed by atoms with Gasteiger partial charge in [0.2, 0.25) is 5.91 Å². The Balaban J connectivity index is 1.78. The Morgan fingerprint density at radius 1 is 1.06 bits per heavy atom. The summed E-state index contributed by atoms with van der Waals surface area (Å²) >= 11 is 0. The molecule has 0 spiro atoms. The highest BCUT2D eigenvalue weighted by Gasteiger charge is 2.17. The summed E-state index contributed by atoms with van der Waals surface area (Å²) in [5.74, 6) is -0.425. The predicted octanol–water partition coefficient (Wildman–Crippen LogP) is 4.89. The molecule has 162 valence electrons. The van der Waals surface area contributed by atoms with Crippen LogP contribution in [0.2, 0.25) is 0 Å². The summed E-state index contributed by atoms with van der Waals surface area (Å²) in [6.07, 6.45) is 1.91. The van der Waals surface area contributed by atoms with E-state index >= 15 is 0 Å². The largest absolute Gasteiger partial charge is 0.507 e. The Morgan fingerprint density at radius 2 is 1.78 bits per heavy atom. The fourth-order valence-electron chi connectivity index (χ4n) is 2.97. The molecule has 0 atom stereocenters. The van der Waals surface area contributed by atoms with Gasteiger partial charge in [0.05, 0.1) is 18.4 Å². The number of nitrogens with zero attached hydrogens (tertiary/aromatic N) is 2. The van der Waals surface area contributed by atoms with E-state index in [9.17, 15) is 14.7 Å². The number of hydrogen-bond donors (Lipinski definition) is 2. The third-order valence-corrected chi connectivity index (χ3v) is 4.69. The molecule has 0 radical (unpaired) electrons. The number of carbonyl (C=O) groups excluding carboxylic acids is 2. The number of methoxy groups -OCH3 is 1. The summed E-state index contributed by atoms with van der Waals surface area (Å²) in [7, 11) is 1.45. The van der Waals surface area contributed by atoms with E-state index in [-0.39, 0.29) is 23.0 Å². The van der Waals surface area contributed by atoms with Crippen molar-refractivity contribution in [3.05, 3.63) is 96.1 Å². The second kappa shape index (κ2) is 10.7. The third kappa shape index (κ3) is 5.66. The first-order valence-corrected chi connectivity index (χ1v) is 9.93. The SMILES string of the molecule is C=CC(=O)NCCc1ccc(N=Nc2cc(C(=O)c3ccccc3)c(O)cc2OC)cc1. The average molecular weight is 429 g/mol. The summed E-state index contributed by atoms with van der Waals surface area (Å²) in [5, 5.41) is 21.5. The maximum absolute atomic E-state index is 12.8. The highest BCUT2D eigenvalue weighted by molar-refractivity contribution is 6.11. The van der Waals surface area contributed by atoms with Crippen molar-refractivity contribution in [2.24, 2.45) is 10.2 Å². The first-order valence-electron chi connectivity index (χ1n) is 9.93. The number of carbonyl (C=O) groups is 2. The van der Waals surface area contributed by atoms with Gasteiger partial charge >= 0.3 is 0 Å². The van der Waals surface area contributed by atoms with Crippen molar-refractivity contribution in [3.63, 3.8) is 0 Å². The molecule has 0 aliphatic rings. The molecule has 0 fully saturated rings. The average Bonchev–Trinajstić information content (AvgIpc) is 2.83. The van der Waals surface area contributed by atoms with Crippen molar-refractivity contribution in [1.29, 1.82) is 0 Å². The smallest absolute Gasteiger partial charge is 0.243 e. The molecule has 1 amide bonds. The van der Waals surface area contributed by atoms with Gasteiger partial charge in [-0.1, -0.05) is 49.0 Å². The molecular formula is C25H23N3O4.